The van der Waals surface area contributed by atoms with Crippen molar-refractivity contribution in [3.63, 3.8) is 0 Å². The fraction of sp³-hybridized carbons (Fsp3) is 0.409. The van der Waals surface area contributed by atoms with Crippen molar-refractivity contribution >= 4 is 17.7 Å². The lowest BCUT2D eigenvalue weighted by Gasteiger charge is -2.13. The Morgan fingerprint density at radius 2 is 1.96 bits per heavy atom. The number of hydrogen-bond acceptors (Lipinski definition) is 4. The molecule has 5 heteroatoms. The molecule has 2 rings (SSSR count). The largest absolute Gasteiger partial charge is 0.386 e. The lowest BCUT2D eigenvalue weighted by molar-refractivity contribution is 0.0692. The maximum Gasteiger partial charge on any atom is 0.166 e. The molecule has 5 nitrogen and oxygen atoms in total. The van der Waals surface area contributed by atoms with Crippen molar-refractivity contribution in [2.24, 2.45) is 10.1 Å². The van der Waals surface area contributed by atoms with Crippen LogP contribution in [0.25, 0.3) is 0 Å². The van der Waals surface area contributed by atoms with Gasteiger partial charge < -0.3 is 9.74 Å². The molecule has 1 unspecified atom stereocenters. The lowest BCUT2D eigenvalue weighted by Crippen LogP contribution is -2.14. The summed E-state index contributed by atoms with van der Waals surface area (Å²) < 4.78 is 0. The van der Waals surface area contributed by atoms with Crippen LogP contribution >= 0.6 is 0 Å². The van der Waals surface area contributed by atoms with Crippen LogP contribution in [0.1, 0.15) is 55.0 Å². The summed E-state index contributed by atoms with van der Waals surface area (Å²) in [7, 11) is 2.01. The molecule has 0 bridgehead atoms. The summed E-state index contributed by atoms with van der Waals surface area (Å²) in [5, 5.41) is 4.35. The Kier molecular flexibility index (Phi) is 7.11. The van der Waals surface area contributed by atoms with E-state index in [0.29, 0.717) is 0 Å². The van der Waals surface area contributed by atoms with Crippen LogP contribution in [-0.2, 0) is 4.84 Å². The number of rotatable bonds is 7. The second kappa shape index (κ2) is 9.31. The van der Waals surface area contributed by atoms with E-state index in [0.717, 1.165) is 46.0 Å². The van der Waals surface area contributed by atoms with E-state index in [9.17, 15) is 0 Å². The Balaban J connectivity index is 2.18. The fourth-order valence-corrected chi connectivity index (χ4v) is 2.62. The molecular formula is C22H30N4O. The van der Waals surface area contributed by atoms with Crippen molar-refractivity contribution < 1.29 is 4.84 Å². The zero-order valence-electron chi connectivity index (χ0n) is 17.4. The number of aryl methyl sites for hydroxylation is 3. The summed E-state index contributed by atoms with van der Waals surface area (Å²) in [5.74, 6) is 0. The molecule has 0 saturated carbocycles. The summed E-state index contributed by atoms with van der Waals surface area (Å²) in [6, 6.07) is 10.1. The third-order valence-corrected chi connectivity index (χ3v) is 4.50. The van der Waals surface area contributed by atoms with Gasteiger partial charge in [0.1, 0.15) is 0 Å². The summed E-state index contributed by atoms with van der Waals surface area (Å²) in [5.41, 5.74) is 6.97. The Morgan fingerprint density at radius 1 is 1.22 bits per heavy atom. The molecule has 0 aliphatic heterocycles. The Bertz CT molecular complexity index is 842. The van der Waals surface area contributed by atoms with E-state index in [1.54, 1.807) is 0 Å². The van der Waals surface area contributed by atoms with E-state index in [1.165, 1.54) is 0 Å². The Labute approximate surface area is 162 Å². The van der Waals surface area contributed by atoms with Gasteiger partial charge in [0.2, 0.25) is 0 Å². The van der Waals surface area contributed by atoms with Crippen molar-refractivity contribution in [1.29, 1.82) is 0 Å². The topological polar surface area (TPSA) is 50.1 Å². The van der Waals surface area contributed by atoms with Crippen LogP contribution in [0.2, 0.25) is 0 Å². The number of hydrogen-bond donors (Lipinski definition) is 0. The third kappa shape index (κ3) is 5.64. The predicted octanol–water partition coefficient (Wildman–Crippen LogP) is 5.12. The van der Waals surface area contributed by atoms with E-state index in [-0.39, 0.29) is 6.10 Å². The Morgan fingerprint density at radius 3 is 2.63 bits per heavy atom. The van der Waals surface area contributed by atoms with E-state index in [2.05, 4.69) is 48.0 Å². The van der Waals surface area contributed by atoms with E-state index >= 15 is 0 Å². The standard InChI is InChI=1S/C22H30N4O/c1-8-26(7)14-23-22-13-15(2)20(12-16(22)3)18(5)25-27-19(6)21-11-9-10-17(4)24-21/h9-14,19H,8H2,1-7H3. The highest BCUT2D eigenvalue weighted by Gasteiger charge is 2.10. The van der Waals surface area contributed by atoms with Crippen molar-refractivity contribution in [2.45, 2.75) is 47.6 Å². The monoisotopic (exact) mass is 366 g/mol. The molecule has 1 atom stereocenters. The highest BCUT2D eigenvalue weighted by molar-refractivity contribution is 6.00. The summed E-state index contributed by atoms with van der Waals surface area (Å²) in [4.78, 5) is 16.8. The number of benzene rings is 1. The summed E-state index contributed by atoms with van der Waals surface area (Å²) in [6.07, 6.45) is 1.66. The van der Waals surface area contributed by atoms with Gasteiger partial charge >= 0.3 is 0 Å². The number of aromatic nitrogens is 1. The van der Waals surface area contributed by atoms with Crippen molar-refractivity contribution in [1.82, 2.24) is 9.88 Å². The summed E-state index contributed by atoms with van der Waals surface area (Å²) >= 11 is 0. The zero-order chi connectivity index (χ0) is 20.0. The molecule has 1 heterocycles. The fourth-order valence-electron chi connectivity index (χ4n) is 2.62. The highest BCUT2D eigenvalue weighted by atomic mass is 16.6. The molecule has 1 aromatic heterocycles. The van der Waals surface area contributed by atoms with E-state index < -0.39 is 0 Å². The molecule has 0 radical (unpaired) electrons. The van der Waals surface area contributed by atoms with Crippen molar-refractivity contribution in [3.05, 3.63) is 58.4 Å². The highest BCUT2D eigenvalue weighted by Crippen LogP contribution is 2.24. The first-order chi connectivity index (χ1) is 12.8. The normalized spacial score (nSPS) is 13.1. The molecule has 0 spiro atoms. The second-order valence-corrected chi connectivity index (χ2v) is 6.90. The van der Waals surface area contributed by atoms with Crippen LogP contribution in [0.3, 0.4) is 0 Å². The van der Waals surface area contributed by atoms with Gasteiger partial charge in [0.15, 0.2) is 6.10 Å². The average molecular weight is 367 g/mol. The van der Waals surface area contributed by atoms with Gasteiger partial charge in [-0.25, -0.2) is 4.99 Å². The predicted molar refractivity (Wildman–Crippen MR) is 113 cm³/mol. The quantitative estimate of drug-likeness (QED) is 0.388. The van der Waals surface area contributed by atoms with Crippen molar-refractivity contribution in [2.75, 3.05) is 13.6 Å². The molecule has 0 fully saturated rings. The molecule has 2 aromatic rings. The van der Waals surface area contributed by atoms with Gasteiger partial charge in [-0.2, -0.15) is 0 Å². The van der Waals surface area contributed by atoms with E-state index in [1.807, 2.05) is 57.3 Å². The molecule has 144 valence electrons. The van der Waals surface area contributed by atoms with Crippen LogP contribution in [0.15, 0.2) is 40.5 Å². The third-order valence-electron chi connectivity index (χ3n) is 4.50. The maximum atomic E-state index is 5.71. The lowest BCUT2D eigenvalue weighted by atomic mass is 10.0. The molecule has 0 amide bonds. The van der Waals surface area contributed by atoms with Crippen LogP contribution in [-0.4, -0.2) is 35.5 Å². The smallest absolute Gasteiger partial charge is 0.166 e. The first-order valence-corrected chi connectivity index (χ1v) is 9.31. The average Bonchev–Trinajstić information content (AvgIpc) is 2.65. The van der Waals surface area contributed by atoms with Crippen LogP contribution in [0, 0.1) is 20.8 Å². The first-order valence-electron chi connectivity index (χ1n) is 9.31. The van der Waals surface area contributed by atoms with Crippen LogP contribution in [0.4, 0.5) is 5.69 Å². The van der Waals surface area contributed by atoms with Gasteiger partial charge in [0.05, 0.1) is 23.4 Å². The minimum Gasteiger partial charge on any atom is -0.386 e. The first kappa shape index (κ1) is 20.6. The molecule has 0 aliphatic carbocycles. The van der Waals surface area contributed by atoms with Crippen molar-refractivity contribution in [3.8, 4) is 0 Å². The number of pyridine rings is 1. The summed E-state index contributed by atoms with van der Waals surface area (Å²) in [6.45, 7) is 13.1. The maximum absolute atomic E-state index is 5.71. The number of oxime groups is 1. The van der Waals surface area contributed by atoms with Gasteiger partial charge in [0.25, 0.3) is 0 Å². The van der Waals surface area contributed by atoms with Crippen LogP contribution in [0.5, 0.6) is 0 Å². The van der Waals surface area contributed by atoms with Gasteiger partial charge in [-0.3, -0.25) is 4.98 Å². The van der Waals surface area contributed by atoms with Gasteiger partial charge in [-0.1, -0.05) is 11.2 Å². The van der Waals surface area contributed by atoms with Gasteiger partial charge in [-0.15, -0.1) is 0 Å². The molecule has 0 aliphatic rings. The van der Waals surface area contributed by atoms with Gasteiger partial charge in [-0.05, 0) is 76.9 Å². The number of nitrogens with zero attached hydrogens (tertiary/aromatic N) is 4. The minimum absolute atomic E-state index is 0.199. The molecule has 27 heavy (non-hydrogen) atoms. The minimum atomic E-state index is -0.199. The second-order valence-electron chi connectivity index (χ2n) is 6.90. The zero-order valence-corrected chi connectivity index (χ0v) is 17.4. The van der Waals surface area contributed by atoms with Crippen LogP contribution < -0.4 is 0 Å². The number of aliphatic imine (C=N–C) groups is 1. The molecular weight excluding hydrogens is 336 g/mol. The van der Waals surface area contributed by atoms with Gasteiger partial charge in [0, 0.05) is 24.8 Å². The molecule has 0 saturated heterocycles. The molecule has 0 N–H and O–H groups in total. The molecule has 1 aromatic carbocycles. The van der Waals surface area contributed by atoms with E-state index in [4.69, 9.17) is 4.84 Å². The SMILES string of the molecule is CCN(C)C=Nc1cc(C)c(C(C)=NOC(C)c2cccc(C)n2)cc1C. The Hall–Kier alpha value is -2.69.